The van der Waals surface area contributed by atoms with Crippen LogP contribution in [-0.2, 0) is 11.3 Å². The molecule has 3 rings (SSSR count). The quantitative estimate of drug-likeness (QED) is 0.477. The molecule has 0 radical (unpaired) electrons. The highest BCUT2D eigenvalue weighted by atomic mass is 16.4. The Kier molecular flexibility index (Phi) is 6.51. The maximum Gasteiger partial charge on any atom is 0.322 e. The number of hydrogen-bond donors (Lipinski definition) is 4. The van der Waals surface area contributed by atoms with Crippen LogP contribution in [-0.4, -0.2) is 34.4 Å². The third-order valence-electron chi connectivity index (χ3n) is 4.37. The van der Waals surface area contributed by atoms with Crippen molar-refractivity contribution in [2.24, 2.45) is 5.73 Å². The first-order valence-electron chi connectivity index (χ1n) is 9.12. The van der Waals surface area contributed by atoms with Crippen molar-refractivity contribution in [2.45, 2.75) is 6.54 Å². The monoisotopic (exact) mass is 404 g/mol. The molecule has 2 amide bonds. The predicted octanol–water partition coefficient (Wildman–Crippen LogP) is 2.27. The number of carbonyl (C=O) groups excluding carboxylic acids is 2. The molecule has 0 spiro atoms. The maximum atomic E-state index is 12.6. The Bertz CT molecular complexity index is 1080. The van der Waals surface area contributed by atoms with E-state index in [1.165, 1.54) is 0 Å². The molecule has 0 fully saturated rings. The molecule has 0 unspecified atom stereocenters. The summed E-state index contributed by atoms with van der Waals surface area (Å²) < 4.78 is 0. The van der Waals surface area contributed by atoms with Gasteiger partial charge in [0, 0.05) is 35.8 Å². The number of carboxylic acid groups (broad SMARTS) is 1. The van der Waals surface area contributed by atoms with E-state index in [0.717, 1.165) is 5.56 Å². The summed E-state index contributed by atoms with van der Waals surface area (Å²) in [5, 5.41) is 13.9. The summed E-state index contributed by atoms with van der Waals surface area (Å²) >= 11 is 0. The lowest BCUT2D eigenvalue weighted by Crippen LogP contribution is -2.29. The molecular formula is C22H20N4O4. The van der Waals surface area contributed by atoms with Gasteiger partial charge in [-0.15, -0.1) is 0 Å². The van der Waals surface area contributed by atoms with Gasteiger partial charge in [-0.2, -0.15) is 0 Å². The lowest BCUT2D eigenvalue weighted by atomic mass is 9.95. The van der Waals surface area contributed by atoms with E-state index in [1.807, 2.05) is 0 Å². The zero-order chi connectivity index (χ0) is 21.5. The van der Waals surface area contributed by atoms with Crippen LogP contribution < -0.4 is 16.4 Å². The molecule has 0 aliphatic heterocycles. The van der Waals surface area contributed by atoms with Gasteiger partial charge in [-0.05, 0) is 53.1 Å². The van der Waals surface area contributed by atoms with E-state index in [1.54, 1.807) is 67.0 Å². The molecule has 0 saturated carbocycles. The molecule has 0 saturated heterocycles. The Labute approximate surface area is 172 Å². The number of anilines is 1. The Morgan fingerprint density at radius 1 is 0.933 bits per heavy atom. The van der Waals surface area contributed by atoms with Crippen LogP contribution in [0.2, 0.25) is 0 Å². The van der Waals surface area contributed by atoms with Crippen LogP contribution in [0.4, 0.5) is 5.69 Å². The van der Waals surface area contributed by atoms with Gasteiger partial charge in [0.05, 0.1) is 0 Å². The maximum absolute atomic E-state index is 12.6. The minimum atomic E-state index is -1.13. The van der Waals surface area contributed by atoms with Gasteiger partial charge < -0.3 is 21.5 Å². The van der Waals surface area contributed by atoms with Crippen LogP contribution in [0.3, 0.4) is 0 Å². The number of aromatic nitrogens is 1. The standard InChI is InChI=1S/C22H20N4O4/c23-12-17-5-4-16(22(30)26-18-6-8-24-9-7-18)11-19(17)14-2-1-3-15(10-14)21(29)25-13-20(27)28/h1-11H,12-13,23H2,(H,25,29)(H,27,28)(H,24,26,30). The smallest absolute Gasteiger partial charge is 0.322 e. The largest absolute Gasteiger partial charge is 0.480 e. The Morgan fingerprint density at radius 3 is 2.37 bits per heavy atom. The Balaban J connectivity index is 1.90. The molecule has 152 valence electrons. The molecule has 2 aromatic carbocycles. The normalized spacial score (nSPS) is 10.3. The number of nitrogens with two attached hydrogens (primary N) is 1. The van der Waals surface area contributed by atoms with Crippen molar-refractivity contribution in [1.82, 2.24) is 10.3 Å². The van der Waals surface area contributed by atoms with Gasteiger partial charge in [-0.25, -0.2) is 0 Å². The summed E-state index contributed by atoms with van der Waals surface area (Å²) in [5.74, 6) is -1.92. The molecule has 0 aliphatic carbocycles. The third kappa shape index (κ3) is 5.06. The number of aliphatic carboxylic acids is 1. The highest BCUT2D eigenvalue weighted by Crippen LogP contribution is 2.26. The zero-order valence-electron chi connectivity index (χ0n) is 16.0. The van der Waals surface area contributed by atoms with Crippen molar-refractivity contribution < 1.29 is 19.5 Å². The second-order valence-electron chi connectivity index (χ2n) is 6.42. The number of carboxylic acids is 1. The minimum Gasteiger partial charge on any atom is -0.480 e. The zero-order valence-corrected chi connectivity index (χ0v) is 16.0. The molecule has 8 nitrogen and oxygen atoms in total. The highest BCUT2D eigenvalue weighted by molar-refractivity contribution is 6.05. The van der Waals surface area contributed by atoms with Gasteiger partial charge >= 0.3 is 5.97 Å². The van der Waals surface area contributed by atoms with Gasteiger partial charge in [-0.1, -0.05) is 18.2 Å². The lowest BCUT2D eigenvalue weighted by Gasteiger charge is -2.12. The Hall–Kier alpha value is -4.04. The molecule has 0 atom stereocenters. The van der Waals surface area contributed by atoms with E-state index < -0.39 is 18.4 Å². The van der Waals surface area contributed by atoms with Crippen molar-refractivity contribution in [3.63, 3.8) is 0 Å². The van der Waals surface area contributed by atoms with Crippen LogP contribution in [0.15, 0.2) is 67.0 Å². The molecule has 5 N–H and O–H groups in total. The molecule has 0 aliphatic rings. The number of hydrogen-bond acceptors (Lipinski definition) is 5. The van der Waals surface area contributed by atoms with Crippen molar-refractivity contribution in [3.05, 3.63) is 83.7 Å². The van der Waals surface area contributed by atoms with Crippen molar-refractivity contribution in [2.75, 3.05) is 11.9 Å². The van der Waals surface area contributed by atoms with Crippen molar-refractivity contribution >= 4 is 23.5 Å². The molecule has 30 heavy (non-hydrogen) atoms. The fraction of sp³-hybridized carbons (Fsp3) is 0.0909. The summed E-state index contributed by atoms with van der Waals surface area (Å²) in [6.45, 7) is -0.223. The van der Waals surface area contributed by atoms with Gasteiger partial charge in [0.25, 0.3) is 11.8 Å². The fourth-order valence-electron chi connectivity index (χ4n) is 2.89. The van der Waals surface area contributed by atoms with E-state index >= 15 is 0 Å². The van der Waals surface area contributed by atoms with E-state index in [0.29, 0.717) is 27.9 Å². The summed E-state index contributed by atoms with van der Waals surface area (Å²) in [7, 11) is 0. The fourth-order valence-corrected chi connectivity index (χ4v) is 2.89. The average molecular weight is 404 g/mol. The number of nitrogens with zero attached hydrogens (tertiary/aromatic N) is 1. The summed E-state index contributed by atoms with van der Waals surface area (Å²) in [6.07, 6.45) is 3.17. The van der Waals surface area contributed by atoms with Crippen LogP contribution in [0, 0.1) is 0 Å². The van der Waals surface area contributed by atoms with Crippen LogP contribution >= 0.6 is 0 Å². The number of carbonyl (C=O) groups is 3. The summed E-state index contributed by atoms with van der Waals surface area (Å²) in [4.78, 5) is 39.4. The van der Waals surface area contributed by atoms with Gasteiger partial charge in [0.1, 0.15) is 6.54 Å². The average Bonchev–Trinajstić information content (AvgIpc) is 2.77. The molecular weight excluding hydrogens is 384 g/mol. The SMILES string of the molecule is NCc1ccc(C(=O)Nc2ccncc2)cc1-c1cccc(C(=O)NCC(=O)O)c1. The summed E-state index contributed by atoms with van der Waals surface area (Å²) in [5.41, 5.74) is 9.44. The number of rotatable bonds is 7. The van der Waals surface area contributed by atoms with Crippen molar-refractivity contribution in [1.29, 1.82) is 0 Å². The molecule has 1 heterocycles. The number of nitrogens with one attached hydrogen (secondary N) is 2. The first-order valence-corrected chi connectivity index (χ1v) is 9.12. The van der Waals surface area contributed by atoms with E-state index in [-0.39, 0.29) is 12.5 Å². The number of amides is 2. The molecule has 1 aromatic heterocycles. The molecule has 8 heteroatoms. The van der Waals surface area contributed by atoms with E-state index in [4.69, 9.17) is 10.8 Å². The van der Waals surface area contributed by atoms with Crippen LogP contribution in [0.5, 0.6) is 0 Å². The second kappa shape index (κ2) is 9.44. The predicted molar refractivity (Wildman–Crippen MR) is 112 cm³/mol. The van der Waals surface area contributed by atoms with Crippen molar-refractivity contribution in [3.8, 4) is 11.1 Å². The third-order valence-corrected chi connectivity index (χ3v) is 4.37. The van der Waals surface area contributed by atoms with Gasteiger partial charge in [-0.3, -0.25) is 19.4 Å². The Morgan fingerprint density at radius 2 is 1.67 bits per heavy atom. The topological polar surface area (TPSA) is 134 Å². The van der Waals surface area contributed by atoms with Crippen LogP contribution in [0.25, 0.3) is 11.1 Å². The lowest BCUT2D eigenvalue weighted by molar-refractivity contribution is -0.135. The van der Waals surface area contributed by atoms with Crippen LogP contribution in [0.1, 0.15) is 26.3 Å². The number of benzene rings is 2. The summed E-state index contributed by atoms with van der Waals surface area (Å²) in [6, 6.07) is 15.3. The van der Waals surface area contributed by atoms with Gasteiger partial charge in [0.15, 0.2) is 0 Å². The highest BCUT2D eigenvalue weighted by Gasteiger charge is 2.13. The van der Waals surface area contributed by atoms with E-state index in [9.17, 15) is 14.4 Å². The first kappa shape index (κ1) is 20.7. The molecule has 0 bridgehead atoms. The first-order chi connectivity index (χ1) is 14.5. The van der Waals surface area contributed by atoms with E-state index in [2.05, 4.69) is 15.6 Å². The second-order valence-corrected chi connectivity index (χ2v) is 6.42. The molecule has 3 aromatic rings. The number of pyridine rings is 1. The van der Waals surface area contributed by atoms with Gasteiger partial charge in [0.2, 0.25) is 0 Å². The minimum absolute atomic E-state index is 0.247.